The topological polar surface area (TPSA) is 196 Å². The van der Waals surface area contributed by atoms with Crippen LogP contribution in [0.25, 0.3) is 0 Å². The third kappa shape index (κ3) is 5.30. The van der Waals surface area contributed by atoms with Crippen LogP contribution in [0.3, 0.4) is 0 Å². The van der Waals surface area contributed by atoms with Gasteiger partial charge in [0, 0.05) is 5.57 Å². The van der Waals surface area contributed by atoms with E-state index in [1.807, 2.05) is 0 Å². The average Bonchev–Trinajstić information content (AvgIpc) is 2.72. The van der Waals surface area contributed by atoms with Gasteiger partial charge in [0.15, 0.2) is 12.6 Å². The first-order valence-corrected chi connectivity index (χ1v) is 9.08. The summed E-state index contributed by atoms with van der Waals surface area (Å²) in [4.78, 5) is 11.7. The van der Waals surface area contributed by atoms with Crippen LogP contribution in [-0.2, 0) is 23.7 Å². The summed E-state index contributed by atoms with van der Waals surface area (Å²) in [6.07, 6.45) is -14.5. The third-order valence-electron chi connectivity index (χ3n) is 4.92. The maximum atomic E-state index is 11.7. The number of rotatable bonds is 6. The zero-order valence-corrected chi connectivity index (χ0v) is 15.9. The second-order valence-electron chi connectivity index (χ2n) is 6.92. The summed E-state index contributed by atoms with van der Waals surface area (Å²) < 4.78 is 20.8. The molecule has 0 bridgehead atoms. The molecule has 0 aliphatic carbocycles. The van der Waals surface area contributed by atoms with Crippen molar-refractivity contribution in [3.8, 4) is 0 Å². The molecule has 0 saturated carbocycles. The van der Waals surface area contributed by atoms with Crippen molar-refractivity contribution in [2.75, 3.05) is 13.2 Å². The number of aliphatic hydroxyl groups excluding tert-OH is 7. The molecule has 29 heavy (non-hydrogen) atoms. The highest BCUT2D eigenvalue weighted by atomic mass is 16.8. The molecule has 7 N–H and O–H groups in total. The summed E-state index contributed by atoms with van der Waals surface area (Å²) in [6.45, 7) is 1.99. The summed E-state index contributed by atoms with van der Waals surface area (Å²) >= 11 is 0. The molecule has 12 heteroatoms. The third-order valence-corrected chi connectivity index (χ3v) is 4.92. The predicted molar refractivity (Wildman–Crippen MR) is 91.9 cm³/mol. The van der Waals surface area contributed by atoms with E-state index in [4.69, 9.17) is 18.9 Å². The Hall–Kier alpha value is -1.19. The predicted octanol–water partition coefficient (Wildman–Crippen LogP) is -3.88. The monoisotopic (exact) mass is 424 g/mol. The van der Waals surface area contributed by atoms with E-state index in [-0.39, 0.29) is 0 Å². The van der Waals surface area contributed by atoms with Gasteiger partial charge in [-0.2, -0.15) is 0 Å². The summed E-state index contributed by atoms with van der Waals surface area (Å²) in [5, 5.41) is 69.0. The van der Waals surface area contributed by atoms with Gasteiger partial charge in [-0.05, 0) is 13.8 Å². The molecule has 2 aliphatic rings. The molecule has 0 unspecified atom stereocenters. The van der Waals surface area contributed by atoms with Gasteiger partial charge >= 0.3 is 5.97 Å². The largest absolute Gasteiger partial charge is 0.459 e. The van der Waals surface area contributed by atoms with Crippen molar-refractivity contribution in [3.05, 3.63) is 11.6 Å². The van der Waals surface area contributed by atoms with E-state index in [9.17, 15) is 40.5 Å². The van der Waals surface area contributed by atoms with Crippen LogP contribution in [0.5, 0.6) is 0 Å². The lowest BCUT2D eigenvalue weighted by atomic mass is 9.98. The smallest absolute Gasteiger partial charge is 0.333 e. The summed E-state index contributed by atoms with van der Waals surface area (Å²) in [5.41, 5.74) is 0.310. The standard InChI is InChI=1S/C17H28O12/c1-3-6(2)15(25)26-5-8-10(20)12(22)14(24)17(28-8)29-16-13(23)11(21)9(19)7(4-18)27-16/h3,7-14,16-24H,4-5H2,1-2H3/b6-3+/t7-,8+,9+,10+,11-,12-,13+,14+,16+,17-/m1/s1. The zero-order valence-electron chi connectivity index (χ0n) is 15.9. The van der Waals surface area contributed by atoms with Gasteiger partial charge in [0.25, 0.3) is 0 Å². The molecule has 0 aromatic carbocycles. The Balaban J connectivity index is 2.06. The number of aliphatic hydroxyl groups is 7. The molecule has 0 amide bonds. The minimum atomic E-state index is -1.78. The second kappa shape index (κ2) is 10.2. The first-order chi connectivity index (χ1) is 13.6. The van der Waals surface area contributed by atoms with Crippen molar-refractivity contribution >= 4 is 5.97 Å². The summed E-state index contributed by atoms with van der Waals surface area (Å²) in [5.74, 6) is -0.671. The van der Waals surface area contributed by atoms with Crippen LogP contribution in [-0.4, -0.2) is 116 Å². The Kier molecular flexibility index (Phi) is 8.48. The number of allylic oxidation sites excluding steroid dienone is 1. The number of carbonyl (C=O) groups is 1. The molecule has 2 rings (SSSR count). The van der Waals surface area contributed by atoms with Crippen LogP contribution in [0.15, 0.2) is 11.6 Å². The number of esters is 1. The van der Waals surface area contributed by atoms with Gasteiger partial charge in [-0.3, -0.25) is 0 Å². The number of hydrogen-bond donors (Lipinski definition) is 7. The van der Waals surface area contributed by atoms with Crippen molar-refractivity contribution in [2.24, 2.45) is 0 Å². The Morgan fingerprint density at radius 1 is 0.862 bits per heavy atom. The van der Waals surface area contributed by atoms with E-state index in [0.717, 1.165) is 0 Å². The molecule has 12 nitrogen and oxygen atoms in total. The molecule has 0 spiro atoms. The van der Waals surface area contributed by atoms with Gasteiger partial charge in [-0.25, -0.2) is 4.79 Å². The van der Waals surface area contributed by atoms with Gasteiger partial charge in [0.2, 0.25) is 0 Å². The second-order valence-corrected chi connectivity index (χ2v) is 6.92. The van der Waals surface area contributed by atoms with Crippen LogP contribution in [0.2, 0.25) is 0 Å². The number of hydrogen-bond acceptors (Lipinski definition) is 12. The van der Waals surface area contributed by atoms with Gasteiger partial charge in [0.1, 0.15) is 55.4 Å². The maximum absolute atomic E-state index is 11.7. The molecule has 168 valence electrons. The Bertz CT molecular complexity index is 581. The zero-order chi connectivity index (χ0) is 21.9. The normalized spacial score (nSPS) is 43.8. The van der Waals surface area contributed by atoms with Crippen LogP contribution in [0.4, 0.5) is 0 Å². The highest BCUT2D eigenvalue weighted by Crippen LogP contribution is 2.28. The molecule has 2 heterocycles. The first-order valence-electron chi connectivity index (χ1n) is 9.08. The number of ether oxygens (including phenoxy) is 4. The average molecular weight is 424 g/mol. The number of carbonyl (C=O) groups excluding carboxylic acids is 1. The highest BCUT2D eigenvalue weighted by Gasteiger charge is 2.49. The van der Waals surface area contributed by atoms with Crippen LogP contribution in [0.1, 0.15) is 13.8 Å². The molecular weight excluding hydrogens is 396 g/mol. The summed E-state index contributed by atoms with van der Waals surface area (Å²) in [7, 11) is 0. The van der Waals surface area contributed by atoms with Crippen LogP contribution in [0, 0.1) is 0 Å². The van der Waals surface area contributed by atoms with Gasteiger partial charge < -0.3 is 54.7 Å². The fourth-order valence-corrected chi connectivity index (χ4v) is 2.87. The Morgan fingerprint density at radius 3 is 1.83 bits per heavy atom. The SMILES string of the molecule is C/C=C(\C)C(=O)OC[C@@H]1O[C@H](O[C@@H]2O[C@H](CO)[C@H](O)[C@@H](O)[C@@H]2O)[C@@H](O)[C@H](O)[C@H]1O. The lowest BCUT2D eigenvalue weighted by molar-refractivity contribution is -0.376. The van der Waals surface area contributed by atoms with Crippen molar-refractivity contribution in [1.82, 2.24) is 0 Å². The Morgan fingerprint density at radius 2 is 1.34 bits per heavy atom. The van der Waals surface area contributed by atoms with Crippen LogP contribution < -0.4 is 0 Å². The molecule has 2 saturated heterocycles. The molecular formula is C17H28O12. The van der Waals surface area contributed by atoms with E-state index in [0.29, 0.717) is 5.57 Å². The molecule has 0 radical (unpaired) electrons. The van der Waals surface area contributed by atoms with Gasteiger partial charge in [0.05, 0.1) is 6.61 Å². The van der Waals surface area contributed by atoms with Crippen LogP contribution >= 0.6 is 0 Å². The minimum Gasteiger partial charge on any atom is -0.459 e. The minimum absolute atomic E-state index is 0.310. The quantitative estimate of drug-likeness (QED) is 0.162. The molecule has 10 atom stereocenters. The van der Waals surface area contributed by atoms with E-state index in [1.165, 1.54) is 13.0 Å². The highest BCUT2D eigenvalue weighted by molar-refractivity contribution is 5.87. The van der Waals surface area contributed by atoms with E-state index in [2.05, 4.69) is 0 Å². The van der Waals surface area contributed by atoms with E-state index in [1.54, 1.807) is 6.92 Å². The van der Waals surface area contributed by atoms with Crippen molar-refractivity contribution in [2.45, 2.75) is 75.3 Å². The lowest BCUT2D eigenvalue weighted by Crippen LogP contribution is -2.63. The Labute approximate surface area is 166 Å². The molecule has 0 aromatic rings. The van der Waals surface area contributed by atoms with E-state index >= 15 is 0 Å². The maximum Gasteiger partial charge on any atom is 0.333 e. The summed E-state index contributed by atoms with van der Waals surface area (Å²) in [6, 6.07) is 0. The van der Waals surface area contributed by atoms with E-state index < -0.39 is 80.6 Å². The molecule has 2 aliphatic heterocycles. The fourth-order valence-electron chi connectivity index (χ4n) is 2.87. The van der Waals surface area contributed by atoms with Gasteiger partial charge in [-0.15, -0.1) is 0 Å². The first kappa shape index (κ1) is 24.1. The lowest BCUT2D eigenvalue weighted by Gasteiger charge is -2.44. The van der Waals surface area contributed by atoms with Crippen molar-refractivity contribution in [1.29, 1.82) is 0 Å². The van der Waals surface area contributed by atoms with Crippen molar-refractivity contribution in [3.63, 3.8) is 0 Å². The molecule has 2 fully saturated rings. The van der Waals surface area contributed by atoms with Gasteiger partial charge in [-0.1, -0.05) is 6.08 Å². The fraction of sp³-hybridized carbons (Fsp3) is 0.824. The molecule has 0 aromatic heterocycles. The van der Waals surface area contributed by atoms with Crippen molar-refractivity contribution < 1.29 is 59.5 Å².